The molecule has 1 fully saturated rings. The maximum absolute atomic E-state index is 13.1. The molecule has 0 bridgehead atoms. The van der Waals surface area contributed by atoms with Gasteiger partial charge in [0.2, 0.25) is 0 Å². The van der Waals surface area contributed by atoms with Gasteiger partial charge in [0.1, 0.15) is 11.5 Å². The van der Waals surface area contributed by atoms with Crippen LogP contribution in [0.25, 0.3) is 5.76 Å². The molecule has 1 atom stereocenters. The number of likely N-dealkylation sites (tertiary alicyclic amines) is 1. The first-order chi connectivity index (χ1) is 16.5. The Morgan fingerprint density at radius 3 is 2.32 bits per heavy atom. The minimum absolute atomic E-state index is 0.0384. The smallest absolute Gasteiger partial charge is 0.295 e. The zero-order valence-electron chi connectivity index (χ0n) is 19.4. The van der Waals surface area contributed by atoms with E-state index in [9.17, 15) is 14.7 Å². The molecule has 0 aliphatic carbocycles. The van der Waals surface area contributed by atoms with Crippen molar-refractivity contribution in [2.45, 2.75) is 13.0 Å². The normalized spacial score (nSPS) is 17.2. The fraction of sp³-hybridized carbons (Fsp3) is 0.360. The number of benzene rings is 2. The predicted octanol–water partition coefficient (Wildman–Crippen LogP) is 2.53. The average molecular weight is 472 g/mol. The SMILES string of the molecule is CCOc1ccc(C(O)=C2C(=O)C(=O)N(CCOCCO)C2c2ccc(OC)c(OC)c2)cc1. The van der Waals surface area contributed by atoms with Gasteiger partial charge in [0.15, 0.2) is 11.5 Å². The van der Waals surface area contributed by atoms with Gasteiger partial charge < -0.3 is 34.1 Å². The maximum atomic E-state index is 13.1. The van der Waals surface area contributed by atoms with Crippen molar-refractivity contribution in [3.8, 4) is 17.2 Å². The molecular weight excluding hydrogens is 442 g/mol. The highest BCUT2D eigenvalue weighted by atomic mass is 16.5. The Morgan fingerprint density at radius 1 is 1.00 bits per heavy atom. The van der Waals surface area contributed by atoms with E-state index in [-0.39, 0.29) is 37.7 Å². The molecular formula is C25H29NO8. The van der Waals surface area contributed by atoms with Gasteiger partial charge >= 0.3 is 0 Å². The Bertz CT molecular complexity index is 1050. The van der Waals surface area contributed by atoms with E-state index in [1.807, 2.05) is 6.92 Å². The van der Waals surface area contributed by atoms with Crippen LogP contribution in [0.4, 0.5) is 0 Å². The molecule has 2 N–H and O–H groups in total. The fourth-order valence-corrected chi connectivity index (χ4v) is 3.84. The summed E-state index contributed by atoms with van der Waals surface area (Å²) in [6, 6.07) is 10.8. The Labute approximate surface area is 198 Å². The van der Waals surface area contributed by atoms with Crippen LogP contribution in [0.5, 0.6) is 17.2 Å². The molecule has 0 radical (unpaired) electrons. The largest absolute Gasteiger partial charge is 0.507 e. The molecule has 0 aromatic heterocycles. The number of hydrogen-bond donors (Lipinski definition) is 2. The van der Waals surface area contributed by atoms with Crippen LogP contribution in [0.15, 0.2) is 48.0 Å². The maximum Gasteiger partial charge on any atom is 0.295 e. The topological polar surface area (TPSA) is 115 Å². The minimum Gasteiger partial charge on any atom is -0.507 e. The van der Waals surface area contributed by atoms with E-state index >= 15 is 0 Å². The molecule has 182 valence electrons. The lowest BCUT2D eigenvalue weighted by atomic mass is 9.95. The van der Waals surface area contributed by atoms with Gasteiger partial charge in [-0.2, -0.15) is 0 Å². The molecule has 1 heterocycles. The highest BCUT2D eigenvalue weighted by Crippen LogP contribution is 2.41. The van der Waals surface area contributed by atoms with Crippen LogP contribution < -0.4 is 14.2 Å². The van der Waals surface area contributed by atoms with E-state index in [1.165, 1.54) is 19.1 Å². The van der Waals surface area contributed by atoms with Crippen molar-refractivity contribution in [2.75, 3.05) is 47.2 Å². The second-order valence-electron chi connectivity index (χ2n) is 7.40. The number of amides is 1. The molecule has 34 heavy (non-hydrogen) atoms. The lowest BCUT2D eigenvalue weighted by Gasteiger charge is -2.26. The summed E-state index contributed by atoms with van der Waals surface area (Å²) in [5, 5.41) is 20.1. The lowest BCUT2D eigenvalue weighted by Crippen LogP contribution is -2.33. The van der Waals surface area contributed by atoms with E-state index in [0.29, 0.717) is 35.0 Å². The number of ether oxygens (including phenoxy) is 4. The van der Waals surface area contributed by atoms with E-state index in [4.69, 9.17) is 24.1 Å². The zero-order valence-corrected chi connectivity index (χ0v) is 19.4. The molecule has 2 aromatic carbocycles. The van der Waals surface area contributed by atoms with Gasteiger partial charge in [0.05, 0.1) is 52.3 Å². The van der Waals surface area contributed by atoms with Crippen molar-refractivity contribution in [3.63, 3.8) is 0 Å². The highest BCUT2D eigenvalue weighted by Gasteiger charge is 2.46. The first kappa shape index (κ1) is 25.1. The van der Waals surface area contributed by atoms with Crippen LogP contribution in [0.1, 0.15) is 24.1 Å². The summed E-state index contributed by atoms with van der Waals surface area (Å²) in [6.07, 6.45) is 0. The van der Waals surface area contributed by atoms with Crippen LogP contribution in [0, 0.1) is 0 Å². The summed E-state index contributed by atoms with van der Waals surface area (Å²) in [6.45, 7) is 2.51. The number of ketones is 1. The molecule has 1 aliphatic heterocycles. The average Bonchev–Trinajstić information content (AvgIpc) is 3.11. The van der Waals surface area contributed by atoms with Crippen molar-refractivity contribution in [2.24, 2.45) is 0 Å². The molecule has 1 aliphatic rings. The number of carbonyl (C=O) groups is 2. The van der Waals surface area contributed by atoms with Gasteiger partial charge in [0.25, 0.3) is 11.7 Å². The Morgan fingerprint density at radius 2 is 1.71 bits per heavy atom. The van der Waals surface area contributed by atoms with Crippen molar-refractivity contribution in [1.29, 1.82) is 0 Å². The minimum atomic E-state index is -0.871. The monoisotopic (exact) mass is 471 g/mol. The summed E-state index contributed by atoms with van der Waals surface area (Å²) in [5.41, 5.74) is 0.901. The lowest BCUT2D eigenvalue weighted by molar-refractivity contribution is -0.140. The van der Waals surface area contributed by atoms with Gasteiger partial charge in [-0.25, -0.2) is 0 Å². The molecule has 3 rings (SSSR count). The standard InChI is InChI=1S/C25H29NO8/c1-4-34-18-8-5-16(6-9-18)23(28)21-22(17-7-10-19(31-2)20(15-17)32-3)26(25(30)24(21)29)11-13-33-14-12-27/h5-10,15,22,27-28H,4,11-14H2,1-3H3. The number of rotatable bonds is 11. The van der Waals surface area contributed by atoms with Crippen molar-refractivity contribution < 1.29 is 38.7 Å². The summed E-state index contributed by atoms with van der Waals surface area (Å²) in [4.78, 5) is 27.4. The van der Waals surface area contributed by atoms with E-state index in [2.05, 4.69) is 0 Å². The van der Waals surface area contributed by atoms with Crippen LogP contribution in [-0.4, -0.2) is 74.0 Å². The Balaban J connectivity index is 2.09. The molecule has 0 saturated carbocycles. The van der Waals surface area contributed by atoms with Crippen LogP contribution in [0.2, 0.25) is 0 Å². The van der Waals surface area contributed by atoms with Crippen molar-refractivity contribution in [3.05, 3.63) is 59.2 Å². The first-order valence-corrected chi connectivity index (χ1v) is 10.9. The van der Waals surface area contributed by atoms with Gasteiger partial charge in [0, 0.05) is 12.1 Å². The van der Waals surface area contributed by atoms with E-state index < -0.39 is 17.7 Å². The van der Waals surface area contributed by atoms with Crippen LogP contribution in [-0.2, 0) is 14.3 Å². The third-order valence-electron chi connectivity index (χ3n) is 5.41. The molecule has 1 saturated heterocycles. The predicted molar refractivity (Wildman–Crippen MR) is 124 cm³/mol. The van der Waals surface area contributed by atoms with E-state index in [1.54, 1.807) is 42.5 Å². The third kappa shape index (κ3) is 5.16. The Hall–Kier alpha value is -3.56. The van der Waals surface area contributed by atoms with E-state index in [0.717, 1.165) is 0 Å². The molecule has 9 nitrogen and oxygen atoms in total. The molecule has 1 unspecified atom stereocenters. The summed E-state index contributed by atoms with van der Waals surface area (Å²) in [5.74, 6) is -0.311. The second kappa shape index (κ2) is 11.5. The first-order valence-electron chi connectivity index (χ1n) is 10.9. The number of aliphatic hydroxyl groups is 2. The summed E-state index contributed by atoms with van der Waals surface area (Å²) < 4.78 is 21.5. The quantitative estimate of drug-likeness (QED) is 0.222. The molecule has 2 aromatic rings. The zero-order chi connectivity index (χ0) is 24.7. The number of Topliss-reactive ketones (excluding diaryl/α,β-unsaturated/α-hetero) is 1. The molecule has 1 amide bonds. The molecule has 9 heteroatoms. The van der Waals surface area contributed by atoms with Gasteiger partial charge in [-0.15, -0.1) is 0 Å². The second-order valence-corrected chi connectivity index (χ2v) is 7.40. The van der Waals surface area contributed by atoms with Gasteiger partial charge in [-0.1, -0.05) is 6.07 Å². The third-order valence-corrected chi connectivity index (χ3v) is 5.41. The highest BCUT2D eigenvalue weighted by molar-refractivity contribution is 6.46. The fourth-order valence-electron chi connectivity index (χ4n) is 3.84. The molecule has 0 spiro atoms. The summed E-state index contributed by atoms with van der Waals surface area (Å²) >= 11 is 0. The number of carbonyl (C=O) groups excluding carboxylic acids is 2. The number of aliphatic hydroxyl groups excluding tert-OH is 2. The van der Waals surface area contributed by atoms with Gasteiger partial charge in [-0.05, 0) is 48.9 Å². The van der Waals surface area contributed by atoms with Crippen molar-refractivity contribution >= 4 is 17.4 Å². The number of methoxy groups -OCH3 is 2. The van der Waals surface area contributed by atoms with Crippen molar-refractivity contribution in [1.82, 2.24) is 4.90 Å². The van der Waals surface area contributed by atoms with Crippen LogP contribution in [0.3, 0.4) is 0 Å². The van der Waals surface area contributed by atoms with Gasteiger partial charge in [-0.3, -0.25) is 9.59 Å². The number of nitrogens with zero attached hydrogens (tertiary/aromatic N) is 1. The summed E-state index contributed by atoms with van der Waals surface area (Å²) in [7, 11) is 3.00. The van der Waals surface area contributed by atoms with Crippen LogP contribution >= 0.6 is 0 Å². The number of hydrogen-bond acceptors (Lipinski definition) is 8. The Kier molecular flexibility index (Phi) is 8.50.